The molecule has 0 saturated heterocycles. The van der Waals surface area contributed by atoms with Crippen LogP contribution in [-0.4, -0.2) is 23.2 Å². The number of hydrogen-bond donors (Lipinski definition) is 1. The quantitative estimate of drug-likeness (QED) is 0.813. The summed E-state index contributed by atoms with van der Waals surface area (Å²) in [7, 11) is 0. The number of nitrogens with zero attached hydrogens (tertiary/aromatic N) is 2. The van der Waals surface area contributed by atoms with E-state index in [9.17, 15) is 0 Å². The Morgan fingerprint density at radius 3 is 2.71 bits per heavy atom. The van der Waals surface area contributed by atoms with Crippen molar-refractivity contribution in [3.8, 4) is 22.9 Å². The van der Waals surface area contributed by atoms with E-state index < -0.39 is 0 Å². The number of hydrogen-bond acceptors (Lipinski definition) is 5. The lowest BCUT2D eigenvalue weighted by Crippen LogP contribution is -2.15. The van der Waals surface area contributed by atoms with Gasteiger partial charge in [-0.1, -0.05) is 6.92 Å². The summed E-state index contributed by atoms with van der Waals surface area (Å²) in [5, 5.41) is 0. The van der Waals surface area contributed by atoms with Gasteiger partial charge in [0.05, 0.1) is 14.6 Å². The molecule has 1 aromatic heterocycles. The zero-order valence-corrected chi connectivity index (χ0v) is 14.5. The molecule has 0 fully saturated rings. The normalized spacial score (nSPS) is 13.3. The van der Waals surface area contributed by atoms with Gasteiger partial charge in [0.1, 0.15) is 19.0 Å². The maximum atomic E-state index is 5.94. The van der Waals surface area contributed by atoms with Gasteiger partial charge in [0.25, 0.3) is 0 Å². The van der Waals surface area contributed by atoms with E-state index >= 15 is 0 Å². The van der Waals surface area contributed by atoms with Crippen LogP contribution in [0.25, 0.3) is 11.4 Å². The first-order valence-electron chi connectivity index (χ1n) is 6.51. The van der Waals surface area contributed by atoms with Crippen LogP contribution in [-0.2, 0) is 6.42 Å². The number of rotatable bonds is 2. The van der Waals surface area contributed by atoms with Crippen molar-refractivity contribution in [3.05, 3.63) is 26.8 Å². The lowest BCUT2D eigenvalue weighted by Gasteiger charge is -2.20. The zero-order chi connectivity index (χ0) is 15.0. The van der Waals surface area contributed by atoms with Crippen LogP contribution in [0.1, 0.15) is 12.6 Å². The fourth-order valence-corrected chi connectivity index (χ4v) is 3.13. The van der Waals surface area contributed by atoms with E-state index in [1.807, 2.05) is 19.1 Å². The van der Waals surface area contributed by atoms with E-state index in [4.69, 9.17) is 15.2 Å². The van der Waals surface area contributed by atoms with Gasteiger partial charge >= 0.3 is 0 Å². The molecule has 7 heteroatoms. The summed E-state index contributed by atoms with van der Waals surface area (Å²) in [5.41, 5.74) is 7.66. The minimum atomic E-state index is 0.433. The second-order valence-electron chi connectivity index (χ2n) is 4.53. The van der Waals surface area contributed by atoms with Gasteiger partial charge < -0.3 is 15.2 Å². The molecule has 2 N–H and O–H groups in total. The van der Waals surface area contributed by atoms with E-state index in [0.29, 0.717) is 36.4 Å². The van der Waals surface area contributed by atoms with Gasteiger partial charge in [-0.2, -0.15) is 0 Å². The highest BCUT2D eigenvalue weighted by Crippen LogP contribution is 2.41. The van der Waals surface area contributed by atoms with Crippen molar-refractivity contribution in [2.75, 3.05) is 18.9 Å². The number of nitrogens with two attached hydrogens (primary N) is 1. The highest BCUT2D eigenvalue weighted by molar-refractivity contribution is 9.11. The smallest absolute Gasteiger partial charge is 0.175 e. The van der Waals surface area contributed by atoms with E-state index in [1.54, 1.807) is 0 Å². The molecule has 1 aliphatic heterocycles. The zero-order valence-electron chi connectivity index (χ0n) is 11.3. The highest BCUT2D eigenvalue weighted by Gasteiger charge is 2.19. The molecule has 0 bridgehead atoms. The minimum Gasteiger partial charge on any atom is -0.486 e. The standard InChI is InChI=1S/C14H13Br2N3O2/c1-2-9-11(16)13(17)19-14(18-9)7-5-8(15)12-10(6-7)20-3-4-21-12/h5-6H,2-4H2,1H3,(H2,17,18,19). The summed E-state index contributed by atoms with van der Waals surface area (Å²) in [6.07, 6.45) is 0.770. The third kappa shape index (κ3) is 2.72. The van der Waals surface area contributed by atoms with Crippen molar-refractivity contribution in [2.45, 2.75) is 13.3 Å². The Morgan fingerprint density at radius 2 is 1.95 bits per heavy atom. The van der Waals surface area contributed by atoms with E-state index in [-0.39, 0.29) is 0 Å². The molecule has 2 heterocycles. The number of nitrogen functional groups attached to an aromatic ring is 1. The Morgan fingerprint density at radius 1 is 1.19 bits per heavy atom. The van der Waals surface area contributed by atoms with E-state index in [0.717, 1.165) is 26.6 Å². The molecule has 110 valence electrons. The van der Waals surface area contributed by atoms with Crippen LogP contribution in [0, 0.1) is 0 Å². The lowest BCUT2D eigenvalue weighted by atomic mass is 10.1. The molecule has 1 aliphatic rings. The molecule has 3 rings (SSSR count). The molecule has 0 atom stereocenters. The fourth-order valence-electron chi connectivity index (χ4n) is 2.12. The van der Waals surface area contributed by atoms with Gasteiger partial charge in [0, 0.05) is 5.56 Å². The van der Waals surface area contributed by atoms with Gasteiger partial charge in [-0.05, 0) is 50.4 Å². The number of anilines is 1. The number of ether oxygens (including phenoxy) is 2. The molecular weight excluding hydrogens is 402 g/mol. The van der Waals surface area contributed by atoms with Gasteiger partial charge in [-0.15, -0.1) is 0 Å². The van der Waals surface area contributed by atoms with Crippen molar-refractivity contribution in [1.29, 1.82) is 0 Å². The maximum Gasteiger partial charge on any atom is 0.175 e. The summed E-state index contributed by atoms with van der Waals surface area (Å²) in [6.45, 7) is 3.11. The number of halogens is 2. The molecule has 1 aromatic carbocycles. The largest absolute Gasteiger partial charge is 0.486 e. The molecule has 21 heavy (non-hydrogen) atoms. The molecule has 0 saturated carbocycles. The van der Waals surface area contributed by atoms with Crippen LogP contribution in [0.3, 0.4) is 0 Å². The predicted molar refractivity (Wildman–Crippen MR) is 87.6 cm³/mol. The summed E-state index contributed by atoms with van der Waals surface area (Å²) in [4.78, 5) is 8.90. The first-order chi connectivity index (χ1) is 10.1. The van der Waals surface area contributed by atoms with Crippen LogP contribution in [0.5, 0.6) is 11.5 Å². The number of benzene rings is 1. The van der Waals surface area contributed by atoms with Crippen molar-refractivity contribution < 1.29 is 9.47 Å². The summed E-state index contributed by atoms with van der Waals surface area (Å²) < 4.78 is 12.8. The molecule has 2 aromatic rings. The number of fused-ring (bicyclic) bond motifs is 1. The van der Waals surface area contributed by atoms with Crippen LogP contribution in [0.15, 0.2) is 21.1 Å². The molecule has 5 nitrogen and oxygen atoms in total. The first-order valence-corrected chi connectivity index (χ1v) is 8.10. The monoisotopic (exact) mass is 413 g/mol. The minimum absolute atomic E-state index is 0.433. The Labute approximate surface area is 139 Å². The lowest BCUT2D eigenvalue weighted by molar-refractivity contribution is 0.170. The summed E-state index contributed by atoms with van der Waals surface area (Å²) >= 11 is 6.92. The highest BCUT2D eigenvalue weighted by atomic mass is 79.9. The van der Waals surface area contributed by atoms with E-state index in [1.165, 1.54) is 0 Å². The molecular formula is C14H13Br2N3O2. The number of aromatic nitrogens is 2. The first kappa shape index (κ1) is 14.6. The van der Waals surface area contributed by atoms with Gasteiger partial charge in [0.2, 0.25) is 0 Å². The third-order valence-corrected chi connectivity index (χ3v) is 4.59. The third-order valence-electron chi connectivity index (χ3n) is 3.14. The number of aryl methyl sites for hydroxylation is 1. The van der Waals surface area contributed by atoms with E-state index in [2.05, 4.69) is 41.8 Å². The molecule has 0 radical (unpaired) electrons. The summed E-state index contributed by atoms with van der Waals surface area (Å²) in [6, 6.07) is 3.79. The second-order valence-corrected chi connectivity index (χ2v) is 6.18. The average Bonchev–Trinajstić information content (AvgIpc) is 2.50. The maximum absolute atomic E-state index is 5.94. The van der Waals surface area contributed by atoms with Gasteiger partial charge in [-0.25, -0.2) is 9.97 Å². The Kier molecular flexibility index (Phi) is 4.03. The average molecular weight is 415 g/mol. The summed E-state index contributed by atoms with van der Waals surface area (Å²) in [5.74, 6) is 2.41. The van der Waals surface area contributed by atoms with Crippen molar-refractivity contribution in [1.82, 2.24) is 9.97 Å². The Hall–Kier alpha value is -1.34. The SMILES string of the molecule is CCc1nc(-c2cc(Br)c3c(c2)OCCO3)nc(N)c1Br. The van der Waals surface area contributed by atoms with Crippen LogP contribution >= 0.6 is 31.9 Å². The predicted octanol–water partition coefficient (Wildman–Crippen LogP) is 3.58. The molecule has 0 aliphatic carbocycles. The topological polar surface area (TPSA) is 70.3 Å². The van der Waals surface area contributed by atoms with Crippen molar-refractivity contribution in [2.24, 2.45) is 0 Å². The van der Waals surface area contributed by atoms with Crippen molar-refractivity contribution in [3.63, 3.8) is 0 Å². The fraction of sp³-hybridized carbons (Fsp3) is 0.286. The van der Waals surface area contributed by atoms with Crippen LogP contribution in [0.2, 0.25) is 0 Å². The molecule has 0 amide bonds. The Bertz CT molecular complexity index is 707. The second kappa shape index (κ2) is 5.81. The Balaban J connectivity index is 2.13. The molecule has 0 unspecified atom stereocenters. The van der Waals surface area contributed by atoms with Crippen LogP contribution in [0.4, 0.5) is 5.82 Å². The van der Waals surface area contributed by atoms with Gasteiger partial charge in [0.15, 0.2) is 17.3 Å². The van der Waals surface area contributed by atoms with Crippen LogP contribution < -0.4 is 15.2 Å². The molecule has 0 spiro atoms. The van der Waals surface area contributed by atoms with Crippen molar-refractivity contribution >= 4 is 37.7 Å². The van der Waals surface area contributed by atoms with Gasteiger partial charge in [-0.3, -0.25) is 0 Å².